The first-order valence-electron chi connectivity index (χ1n) is 8.48. The van der Waals surface area contributed by atoms with E-state index in [-0.39, 0.29) is 12.1 Å². The Morgan fingerprint density at radius 2 is 2.09 bits per heavy atom. The lowest BCUT2D eigenvalue weighted by Gasteiger charge is -2.30. The molecule has 6 heteroatoms. The molecule has 6 nitrogen and oxygen atoms in total. The highest BCUT2D eigenvalue weighted by Crippen LogP contribution is 2.26. The molecule has 0 bridgehead atoms. The molecule has 2 unspecified atom stereocenters. The Hall–Kier alpha value is -2.08. The van der Waals surface area contributed by atoms with Gasteiger partial charge in [0.05, 0.1) is 5.52 Å². The Morgan fingerprint density at radius 1 is 1.26 bits per heavy atom. The van der Waals surface area contributed by atoms with Crippen molar-refractivity contribution in [3.8, 4) is 0 Å². The van der Waals surface area contributed by atoms with Crippen LogP contribution >= 0.6 is 0 Å². The van der Waals surface area contributed by atoms with Gasteiger partial charge in [-0.25, -0.2) is 9.31 Å². The van der Waals surface area contributed by atoms with Crippen molar-refractivity contribution >= 4 is 17.4 Å². The quantitative estimate of drug-likeness (QED) is 0.926. The van der Waals surface area contributed by atoms with E-state index >= 15 is 0 Å². The molecule has 2 atom stereocenters. The number of aromatic nitrogens is 2. The monoisotopic (exact) mass is 313 g/mol. The molecule has 2 aliphatic rings. The van der Waals surface area contributed by atoms with Gasteiger partial charge in [-0.1, -0.05) is 6.07 Å². The van der Waals surface area contributed by atoms with Crippen LogP contribution in [0.1, 0.15) is 26.2 Å². The molecule has 2 amide bonds. The van der Waals surface area contributed by atoms with Crippen LogP contribution in [0.4, 0.5) is 10.6 Å². The number of carbonyl (C=O) groups excluding carboxylic acids is 1. The number of hydrogen-bond acceptors (Lipinski definition) is 3. The normalized spacial score (nSPS) is 25.3. The first-order chi connectivity index (χ1) is 11.2. The summed E-state index contributed by atoms with van der Waals surface area (Å²) in [6.07, 6.45) is 5.53. The molecule has 2 saturated heterocycles. The van der Waals surface area contributed by atoms with Gasteiger partial charge in [0.1, 0.15) is 0 Å². The SMILES string of the molecule is CC1C(N2CCCC2)CCN1C(=O)Nc1cc2ccccn2n1. The number of amides is 2. The molecular weight excluding hydrogens is 290 g/mol. The lowest BCUT2D eigenvalue weighted by molar-refractivity contribution is 0.177. The van der Waals surface area contributed by atoms with Crippen molar-refractivity contribution in [2.45, 2.75) is 38.3 Å². The van der Waals surface area contributed by atoms with Gasteiger partial charge in [0.25, 0.3) is 0 Å². The van der Waals surface area contributed by atoms with Gasteiger partial charge in [0.2, 0.25) is 0 Å². The molecule has 4 heterocycles. The van der Waals surface area contributed by atoms with Crippen LogP contribution in [0.5, 0.6) is 0 Å². The van der Waals surface area contributed by atoms with Crippen molar-refractivity contribution in [2.75, 3.05) is 25.0 Å². The minimum atomic E-state index is -0.0393. The van der Waals surface area contributed by atoms with Crippen molar-refractivity contribution in [1.29, 1.82) is 0 Å². The zero-order valence-electron chi connectivity index (χ0n) is 13.5. The van der Waals surface area contributed by atoms with Crippen molar-refractivity contribution in [2.24, 2.45) is 0 Å². The standard InChI is InChI=1S/C17H23N5O/c1-13-15(20-8-4-5-9-20)7-11-21(13)17(23)18-16-12-14-6-2-3-10-22(14)19-16/h2-3,6,10,12-13,15H,4-5,7-9,11H2,1H3,(H,18,19,23). The summed E-state index contributed by atoms with van der Waals surface area (Å²) in [6.45, 7) is 5.34. The topological polar surface area (TPSA) is 52.9 Å². The molecule has 0 aliphatic carbocycles. The largest absolute Gasteiger partial charge is 0.323 e. The second kappa shape index (κ2) is 5.85. The third-order valence-electron chi connectivity index (χ3n) is 5.19. The predicted molar refractivity (Wildman–Crippen MR) is 89.6 cm³/mol. The second-order valence-electron chi connectivity index (χ2n) is 6.56. The highest BCUT2D eigenvalue weighted by molar-refractivity contribution is 5.89. The molecule has 23 heavy (non-hydrogen) atoms. The van der Waals surface area contributed by atoms with E-state index in [4.69, 9.17) is 0 Å². The van der Waals surface area contributed by atoms with Gasteiger partial charge >= 0.3 is 6.03 Å². The molecule has 2 aliphatic heterocycles. The molecule has 0 spiro atoms. The van der Waals surface area contributed by atoms with Crippen LogP contribution in [-0.2, 0) is 0 Å². The maximum absolute atomic E-state index is 12.6. The Balaban J connectivity index is 1.44. The third kappa shape index (κ3) is 2.67. The summed E-state index contributed by atoms with van der Waals surface area (Å²) in [5.74, 6) is 0.609. The van der Waals surface area contributed by atoms with Gasteiger partial charge in [-0.2, -0.15) is 0 Å². The summed E-state index contributed by atoms with van der Waals surface area (Å²) >= 11 is 0. The number of likely N-dealkylation sites (tertiary alicyclic amines) is 2. The molecule has 2 fully saturated rings. The number of nitrogens with one attached hydrogen (secondary N) is 1. The molecule has 122 valence electrons. The minimum absolute atomic E-state index is 0.0393. The van der Waals surface area contributed by atoms with E-state index < -0.39 is 0 Å². The number of carbonyl (C=O) groups is 1. The Kier molecular flexibility index (Phi) is 3.69. The van der Waals surface area contributed by atoms with E-state index in [1.807, 2.05) is 35.4 Å². The summed E-state index contributed by atoms with van der Waals surface area (Å²) in [7, 11) is 0. The van der Waals surface area contributed by atoms with Gasteiger partial charge in [0, 0.05) is 30.9 Å². The molecule has 0 aromatic carbocycles. The minimum Gasteiger partial charge on any atom is -0.320 e. The van der Waals surface area contributed by atoms with E-state index in [1.165, 1.54) is 25.9 Å². The summed E-state index contributed by atoms with van der Waals surface area (Å²) in [5, 5.41) is 7.34. The Morgan fingerprint density at radius 3 is 2.87 bits per heavy atom. The molecule has 0 radical (unpaired) electrons. The van der Waals surface area contributed by atoms with Gasteiger partial charge in [-0.05, 0) is 51.4 Å². The van der Waals surface area contributed by atoms with Gasteiger partial charge in [0.15, 0.2) is 5.82 Å². The fraction of sp³-hybridized carbons (Fsp3) is 0.529. The predicted octanol–water partition coefficient (Wildman–Crippen LogP) is 2.42. The Bertz CT molecular complexity index is 673. The lowest BCUT2D eigenvalue weighted by Crippen LogP contribution is -2.45. The summed E-state index contributed by atoms with van der Waals surface area (Å²) in [6, 6.07) is 8.49. The van der Waals surface area contributed by atoms with E-state index in [0.717, 1.165) is 18.5 Å². The van der Waals surface area contributed by atoms with Crippen molar-refractivity contribution in [3.63, 3.8) is 0 Å². The molecule has 1 N–H and O–H groups in total. The molecule has 4 rings (SSSR count). The number of pyridine rings is 1. The van der Waals surface area contributed by atoms with Crippen LogP contribution < -0.4 is 5.32 Å². The highest BCUT2D eigenvalue weighted by atomic mass is 16.2. The van der Waals surface area contributed by atoms with Gasteiger partial charge in [-0.3, -0.25) is 10.2 Å². The average molecular weight is 313 g/mol. The highest BCUT2D eigenvalue weighted by Gasteiger charge is 2.38. The van der Waals surface area contributed by atoms with Crippen LogP contribution in [0.15, 0.2) is 30.5 Å². The first-order valence-corrected chi connectivity index (χ1v) is 8.48. The van der Waals surface area contributed by atoms with Crippen LogP contribution in [0.25, 0.3) is 5.52 Å². The van der Waals surface area contributed by atoms with Crippen molar-refractivity contribution in [1.82, 2.24) is 19.4 Å². The number of urea groups is 1. The maximum Gasteiger partial charge on any atom is 0.323 e. The zero-order chi connectivity index (χ0) is 15.8. The number of anilines is 1. The van der Waals surface area contributed by atoms with Crippen LogP contribution in [0.3, 0.4) is 0 Å². The smallest absolute Gasteiger partial charge is 0.320 e. The number of nitrogens with zero attached hydrogens (tertiary/aromatic N) is 4. The molecule has 2 aromatic heterocycles. The molecule has 2 aromatic rings. The zero-order valence-corrected chi connectivity index (χ0v) is 13.5. The van der Waals surface area contributed by atoms with Crippen LogP contribution in [-0.4, -0.2) is 57.2 Å². The van der Waals surface area contributed by atoms with Gasteiger partial charge in [-0.15, -0.1) is 5.10 Å². The van der Waals surface area contributed by atoms with Crippen molar-refractivity contribution in [3.05, 3.63) is 30.5 Å². The molecule has 0 saturated carbocycles. The van der Waals surface area contributed by atoms with E-state index in [0.29, 0.717) is 11.9 Å². The summed E-state index contributed by atoms with van der Waals surface area (Å²) in [4.78, 5) is 17.1. The molecular formula is C17H23N5O. The fourth-order valence-electron chi connectivity index (χ4n) is 3.95. The van der Waals surface area contributed by atoms with Crippen molar-refractivity contribution < 1.29 is 4.79 Å². The lowest BCUT2D eigenvalue weighted by atomic mass is 10.1. The number of hydrogen-bond donors (Lipinski definition) is 1. The first kappa shape index (κ1) is 14.5. The summed E-state index contributed by atoms with van der Waals surface area (Å²) in [5.41, 5.74) is 0.979. The average Bonchev–Trinajstić information content (AvgIpc) is 3.24. The van der Waals surface area contributed by atoms with Crippen LogP contribution in [0.2, 0.25) is 0 Å². The van der Waals surface area contributed by atoms with E-state index in [2.05, 4.69) is 22.2 Å². The second-order valence-corrected chi connectivity index (χ2v) is 6.56. The maximum atomic E-state index is 12.6. The van der Waals surface area contributed by atoms with E-state index in [1.54, 1.807) is 4.52 Å². The van der Waals surface area contributed by atoms with Crippen LogP contribution in [0, 0.1) is 0 Å². The van der Waals surface area contributed by atoms with Gasteiger partial charge < -0.3 is 4.90 Å². The van der Waals surface area contributed by atoms with E-state index in [9.17, 15) is 4.79 Å². The third-order valence-corrected chi connectivity index (χ3v) is 5.19. The number of fused-ring (bicyclic) bond motifs is 1. The summed E-state index contributed by atoms with van der Waals surface area (Å²) < 4.78 is 1.77. The number of rotatable bonds is 2. The Labute approximate surface area is 136 Å². The fourth-order valence-corrected chi connectivity index (χ4v) is 3.95.